The van der Waals surface area contributed by atoms with Crippen LogP contribution in [0.2, 0.25) is 0 Å². The van der Waals surface area contributed by atoms with Crippen LogP contribution in [0.4, 0.5) is 11.4 Å². The van der Waals surface area contributed by atoms with Crippen LogP contribution in [0.3, 0.4) is 0 Å². The summed E-state index contributed by atoms with van der Waals surface area (Å²) in [6.45, 7) is 8.46. The standard InChI is InChI=1S/C15H23N3O2/c1-10-7-11(2)12(3)17(8-10)9-13-5-4-6-14(15(13)16)18(19)20/h4-6,10-12H,7-9,16H2,1-3H3. The van der Waals surface area contributed by atoms with Crippen molar-refractivity contribution in [1.29, 1.82) is 0 Å². The SMILES string of the molecule is CC1CC(C)C(C)N(Cc2cccc([N+](=O)[O-])c2N)C1. The Labute approximate surface area is 119 Å². The van der Waals surface area contributed by atoms with Crippen molar-refractivity contribution in [2.24, 2.45) is 11.8 Å². The first kappa shape index (κ1) is 14.8. The number of para-hydroxylation sites is 1. The number of benzene rings is 1. The zero-order chi connectivity index (χ0) is 14.9. The van der Waals surface area contributed by atoms with E-state index in [1.54, 1.807) is 6.07 Å². The van der Waals surface area contributed by atoms with E-state index in [-0.39, 0.29) is 5.69 Å². The van der Waals surface area contributed by atoms with Crippen molar-refractivity contribution >= 4 is 11.4 Å². The molecule has 3 atom stereocenters. The summed E-state index contributed by atoms with van der Waals surface area (Å²) >= 11 is 0. The number of rotatable bonds is 3. The fraction of sp³-hybridized carbons (Fsp3) is 0.600. The molecule has 1 aromatic carbocycles. The van der Waals surface area contributed by atoms with Gasteiger partial charge in [-0.25, -0.2) is 0 Å². The molecular weight excluding hydrogens is 254 g/mol. The highest BCUT2D eigenvalue weighted by atomic mass is 16.6. The van der Waals surface area contributed by atoms with Crippen LogP contribution < -0.4 is 5.73 Å². The van der Waals surface area contributed by atoms with Crippen LogP contribution >= 0.6 is 0 Å². The average Bonchev–Trinajstić information content (AvgIpc) is 2.37. The fourth-order valence-electron chi connectivity index (χ4n) is 3.16. The number of nitrogens with zero attached hydrogens (tertiary/aromatic N) is 2. The molecule has 1 heterocycles. The molecule has 110 valence electrons. The number of nitrogens with two attached hydrogens (primary N) is 1. The minimum absolute atomic E-state index is 0.00765. The summed E-state index contributed by atoms with van der Waals surface area (Å²) in [7, 11) is 0. The quantitative estimate of drug-likeness (QED) is 0.523. The lowest BCUT2D eigenvalue weighted by Gasteiger charge is -2.41. The Balaban J connectivity index is 2.21. The van der Waals surface area contributed by atoms with Crippen molar-refractivity contribution in [2.45, 2.75) is 39.8 Å². The van der Waals surface area contributed by atoms with Crippen LogP contribution in [0.25, 0.3) is 0 Å². The minimum Gasteiger partial charge on any atom is -0.393 e. The van der Waals surface area contributed by atoms with E-state index in [2.05, 4.69) is 25.7 Å². The Morgan fingerprint density at radius 2 is 2.10 bits per heavy atom. The van der Waals surface area contributed by atoms with Crippen LogP contribution in [-0.2, 0) is 6.54 Å². The molecule has 1 aromatic rings. The van der Waals surface area contributed by atoms with Gasteiger partial charge in [-0.3, -0.25) is 15.0 Å². The lowest BCUT2D eigenvalue weighted by Crippen LogP contribution is -2.45. The van der Waals surface area contributed by atoms with Gasteiger partial charge < -0.3 is 5.73 Å². The third-order valence-corrected chi connectivity index (χ3v) is 4.46. The van der Waals surface area contributed by atoms with Crippen LogP contribution in [0.15, 0.2) is 18.2 Å². The van der Waals surface area contributed by atoms with Gasteiger partial charge in [0.1, 0.15) is 5.69 Å². The third kappa shape index (κ3) is 2.93. The molecule has 1 aliphatic heterocycles. The second-order valence-corrected chi connectivity index (χ2v) is 6.10. The maximum Gasteiger partial charge on any atom is 0.292 e. The van der Waals surface area contributed by atoms with Crippen LogP contribution in [0.1, 0.15) is 32.8 Å². The Hall–Kier alpha value is -1.62. The molecule has 3 unspecified atom stereocenters. The van der Waals surface area contributed by atoms with Gasteiger partial charge in [0, 0.05) is 25.2 Å². The third-order valence-electron chi connectivity index (χ3n) is 4.46. The normalized spacial score (nSPS) is 27.4. The molecule has 5 heteroatoms. The van der Waals surface area contributed by atoms with Crippen LogP contribution in [0, 0.1) is 22.0 Å². The first-order valence-corrected chi connectivity index (χ1v) is 7.16. The highest BCUT2D eigenvalue weighted by molar-refractivity contribution is 5.62. The largest absolute Gasteiger partial charge is 0.393 e. The van der Waals surface area contributed by atoms with Crippen molar-refractivity contribution in [2.75, 3.05) is 12.3 Å². The van der Waals surface area contributed by atoms with Crippen LogP contribution in [-0.4, -0.2) is 22.4 Å². The first-order chi connectivity index (χ1) is 9.40. The Morgan fingerprint density at radius 1 is 1.40 bits per heavy atom. The number of hydrogen-bond acceptors (Lipinski definition) is 4. The number of likely N-dealkylation sites (tertiary alicyclic amines) is 1. The minimum atomic E-state index is -0.413. The molecule has 2 N–H and O–H groups in total. The molecule has 0 bridgehead atoms. The molecule has 1 fully saturated rings. The molecule has 5 nitrogen and oxygen atoms in total. The van der Waals surface area contributed by atoms with Crippen LogP contribution in [0.5, 0.6) is 0 Å². The average molecular weight is 277 g/mol. The van der Waals surface area contributed by atoms with E-state index >= 15 is 0 Å². The van der Waals surface area contributed by atoms with Gasteiger partial charge >= 0.3 is 0 Å². The number of piperidine rings is 1. The second kappa shape index (κ2) is 5.79. The maximum absolute atomic E-state index is 10.9. The summed E-state index contributed by atoms with van der Waals surface area (Å²) < 4.78 is 0. The second-order valence-electron chi connectivity index (χ2n) is 6.10. The van der Waals surface area contributed by atoms with E-state index < -0.39 is 4.92 Å². The van der Waals surface area contributed by atoms with Gasteiger partial charge in [-0.2, -0.15) is 0 Å². The van der Waals surface area contributed by atoms with E-state index in [0.717, 1.165) is 12.1 Å². The van der Waals surface area contributed by atoms with Gasteiger partial charge in [0.05, 0.1) is 4.92 Å². The predicted molar refractivity (Wildman–Crippen MR) is 80.3 cm³/mol. The van der Waals surface area contributed by atoms with Gasteiger partial charge in [-0.05, 0) is 30.7 Å². The molecule has 20 heavy (non-hydrogen) atoms. The number of hydrogen-bond donors (Lipinski definition) is 1. The Bertz CT molecular complexity index is 504. The zero-order valence-corrected chi connectivity index (χ0v) is 12.4. The summed E-state index contributed by atoms with van der Waals surface area (Å²) in [6.07, 6.45) is 1.24. The molecule has 1 aliphatic rings. The number of anilines is 1. The van der Waals surface area contributed by atoms with E-state index in [1.165, 1.54) is 12.5 Å². The van der Waals surface area contributed by atoms with Crippen molar-refractivity contribution in [3.63, 3.8) is 0 Å². The monoisotopic (exact) mass is 277 g/mol. The fourth-order valence-corrected chi connectivity index (χ4v) is 3.16. The van der Waals surface area contributed by atoms with E-state index in [0.29, 0.717) is 30.1 Å². The van der Waals surface area contributed by atoms with Gasteiger partial charge in [0.25, 0.3) is 5.69 Å². The van der Waals surface area contributed by atoms with Gasteiger partial charge in [-0.15, -0.1) is 0 Å². The van der Waals surface area contributed by atoms with Crippen molar-refractivity contribution < 1.29 is 4.92 Å². The van der Waals surface area contributed by atoms with Crippen molar-refractivity contribution in [1.82, 2.24) is 4.90 Å². The maximum atomic E-state index is 10.9. The Morgan fingerprint density at radius 3 is 2.75 bits per heavy atom. The van der Waals surface area contributed by atoms with E-state index in [4.69, 9.17) is 5.73 Å². The molecule has 0 spiro atoms. The van der Waals surface area contributed by atoms with Gasteiger partial charge in [0.15, 0.2) is 0 Å². The van der Waals surface area contributed by atoms with E-state index in [1.807, 2.05) is 6.07 Å². The topological polar surface area (TPSA) is 72.4 Å². The molecule has 0 aliphatic carbocycles. The molecule has 1 saturated heterocycles. The Kier molecular flexibility index (Phi) is 4.28. The highest BCUT2D eigenvalue weighted by Crippen LogP contribution is 2.31. The summed E-state index contributed by atoms with van der Waals surface area (Å²) in [5.41, 5.74) is 7.11. The molecule has 0 saturated carbocycles. The smallest absolute Gasteiger partial charge is 0.292 e. The highest BCUT2D eigenvalue weighted by Gasteiger charge is 2.29. The van der Waals surface area contributed by atoms with E-state index in [9.17, 15) is 10.1 Å². The first-order valence-electron chi connectivity index (χ1n) is 7.16. The zero-order valence-electron chi connectivity index (χ0n) is 12.4. The molecule has 0 aromatic heterocycles. The number of nitrogen functional groups attached to an aromatic ring is 1. The van der Waals surface area contributed by atoms with Gasteiger partial charge in [-0.1, -0.05) is 26.0 Å². The summed E-state index contributed by atoms with van der Waals surface area (Å²) in [4.78, 5) is 12.9. The van der Waals surface area contributed by atoms with Gasteiger partial charge in [0.2, 0.25) is 0 Å². The lowest BCUT2D eigenvalue weighted by molar-refractivity contribution is -0.384. The molecular formula is C15H23N3O2. The summed E-state index contributed by atoms with van der Waals surface area (Å²) in [6, 6.07) is 5.54. The van der Waals surface area contributed by atoms with Crippen molar-refractivity contribution in [3.05, 3.63) is 33.9 Å². The molecule has 0 radical (unpaired) electrons. The van der Waals surface area contributed by atoms with Crippen molar-refractivity contribution in [3.8, 4) is 0 Å². The molecule has 0 amide bonds. The lowest BCUT2D eigenvalue weighted by atomic mass is 9.85. The molecule has 2 rings (SSSR count). The summed E-state index contributed by atoms with van der Waals surface area (Å²) in [5.74, 6) is 1.29. The predicted octanol–water partition coefficient (Wildman–Crippen LogP) is 3.04. The summed E-state index contributed by atoms with van der Waals surface area (Å²) in [5, 5.41) is 10.9. The number of nitro groups is 1. The number of nitro benzene ring substituents is 1.